The zero-order valence-electron chi connectivity index (χ0n) is 19.3. The molecule has 0 aliphatic carbocycles. The SMILES string of the molecule is Cc1cc2c3ccccc3n3c4c(CC(C)(C)C)ccc5cc[n+](C)c(c(c1C)c23)c54. The Kier molecular flexibility index (Phi) is 3.59. The Labute approximate surface area is 183 Å². The van der Waals surface area contributed by atoms with Crippen LogP contribution in [0, 0.1) is 19.3 Å². The maximum absolute atomic E-state index is 2.57. The van der Waals surface area contributed by atoms with Gasteiger partial charge in [-0.15, -0.1) is 0 Å². The standard InChI is InChI=1S/C29H29N2/c1-17-15-22-21-9-7-8-10-23(21)31-26-20(16-29(3,4)5)12-11-19-13-14-30(6)28(25(19)26)24(18(17)2)27(22)31/h7-15H,16H2,1-6H3/q+1. The Hall–Kier alpha value is -3.13. The van der Waals surface area contributed by atoms with Crippen molar-refractivity contribution in [2.45, 2.75) is 41.0 Å². The Morgan fingerprint density at radius 3 is 2.42 bits per heavy atom. The van der Waals surface area contributed by atoms with Crippen molar-refractivity contribution >= 4 is 49.0 Å². The van der Waals surface area contributed by atoms with E-state index < -0.39 is 0 Å². The molecule has 154 valence electrons. The van der Waals surface area contributed by atoms with Gasteiger partial charge >= 0.3 is 0 Å². The van der Waals surface area contributed by atoms with Crippen LogP contribution in [0.5, 0.6) is 0 Å². The molecule has 0 fully saturated rings. The van der Waals surface area contributed by atoms with Crippen molar-refractivity contribution in [3.8, 4) is 0 Å². The second-order valence-corrected chi connectivity index (χ2v) is 10.5. The molecule has 0 atom stereocenters. The Bertz CT molecular complexity index is 1660. The summed E-state index contributed by atoms with van der Waals surface area (Å²) in [7, 11) is 2.20. The molecule has 0 saturated heterocycles. The summed E-state index contributed by atoms with van der Waals surface area (Å²) in [5, 5.41) is 6.80. The molecule has 0 aliphatic heterocycles. The zero-order valence-corrected chi connectivity index (χ0v) is 19.3. The quantitative estimate of drug-likeness (QED) is 0.158. The third-order valence-electron chi connectivity index (χ3n) is 7.02. The zero-order chi connectivity index (χ0) is 21.7. The largest absolute Gasteiger partial charge is 0.307 e. The van der Waals surface area contributed by atoms with Crippen LogP contribution in [0.1, 0.15) is 37.5 Å². The van der Waals surface area contributed by atoms with Crippen LogP contribution in [0.15, 0.2) is 54.7 Å². The van der Waals surface area contributed by atoms with Crippen LogP contribution in [0.4, 0.5) is 0 Å². The lowest BCUT2D eigenvalue weighted by molar-refractivity contribution is -0.643. The molecule has 3 aromatic carbocycles. The second kappa shape index (κ2) is 5.97. The molecule has 0 aliphatic rings. The fourth-order valence-electron chi connectivity index (χ4n) is 5.63. The molecule has 6 rings (SSSR count). The Balaban J connectivity index is 2.06. The third-order valence-corrected chi connectivity index (χ3v) is 7.02. The molecule has 0 N–H and O–H groups in total. The number of nitrogens with zero attached hydrogens (tertiary/aromatic N) is 2. The number of rotatable bonds is 1. The third kappa shape index (κ3) is 2.42. The number of aromatic nitrogens is 2. The van der Waals surface area contributed by atoms with E-state index in [2.05, 4.69) is 105 Å². The minimum Gasteiger partial charge on any atom is -0.307 e. The lowest BCUT2D eigenvalue weighted by atomic mass is 9.86. The van der Waals surface area contributed by atoms with Gasteiger partial charge in [-0.2, -0.15) is 0 Å². The molecule has 0 radical (unpaired) electrons. The van der Waals surface area contributed by atoms with E-state index in [4.69, 9.17) is 0 Å². The first-order valence-electron chi connectivity index (χ1n) is 11.2. The summed E-state index contributed by atoms with van der Waals surface area (Å²) in [6.45, 7) is 11.5. The van der Waals surface area contributed by atoms with E-state index in [-0.39, 0.29) is 5.41 Å². The summed E-state index contributed by atoms with van der Waals surface area (Å²) in [6, 6.07) is 18.3. The summed E-state index contributed by atoms with van der Waals surface area (Å²) < 4.78 is 4.90. The fourth-order valence-corrected chi connectivity index (χ4v) is 5.63. The van der Waals surface area contributed by atoms with Crippen molar-refractivity contribution in [3.63, 3.8) is 0 Å². The maximum atomic E-state index is 2.57. The van der Waals surface area contributed by atoms with Gasteiger partial charge in [-0.25, -0.2) is 4.57 Å². The molecular weight excluding hydrogens is 376 g/mol. The Morgan fingerprint density at radius 1 is 0.871 bits per heavy atom. The number of pyridine rings is 2. The smallest absolute Gasteiger partial charge is 0.224 e. The van der Waals surface area contributed by atoms with Crippen LogP contribution in [-0.4, -0.2) is 4.40 Å². The highest BCUT2D eigenvalue weighted by atomic mass is 15.0. The van der Waals surface area contributed by atoms with Gasteiger partial charge in [0, 0.05) is 16.8 Å². The average molecular weight is 406 g/mol. The van der Waals surface area contributed by atoms with Crippen LogP contribution < -0.4 is 4.57 Å². The van der Waals surface area contributed by atoms with E-state index in [1.165, 1.54) is 65.7 Å². The number of hydrogen-bond donors (Lipinski definition) is 0. The minimum absolute atomic E-state index is 0.215. The predicted molar refractivity (Wildman–Crippen MR) is 132 cm³/mol. The Morgan fingerprint density at radius 2 is 1.65 bits per heavy atom. The number of para-hydroxylation sites is 1. The van der Waals surface area contributed by atoms with Crippen molar-refractivity contribution in [1.82, 2.24) is 4.40 Å². The van der Waals surface area contributed by atoms with E-state index in [1.54, 1.807) is 0 Å². The highest BCUT2D eigenvalue weighted by Crippen LogP contribution is 2.43. The minimum atomic E-state index is 0.215. The van der Waals surface area contributed by atoms with Crippen LogP contribution >= 0.6 is 0 Å². The summed E-state index contributed by atoms with van der Waals surface area (Å²) in [5.74, 6) is 0. The highest BCUT2D eigenvalue weighted by molar-refractivity contribution is 6.26. The molecule has 2 nitrogen and oxygen atoms in total. The lowest BCUT2D eigenvalue weighted by Crippen LogP contribution is -2.29. The number of aryl methyl sites for hydroxylation is 3. The average Bonchev–Trinajstić information content (AvgIpc) is 3.04. The summed E-state index contributed by atoms with van der Waals surface area (Å²) in [6.07, 6.45) is 3.27. The van der Waals surface area contributed by atoms with E-state index in [0.717, 1.165) is 6.42 Å². The van der Waals surface area contributed by atoms with Crippen molar-refractivity contribution < 1.29 is 4.57 Å². The van der Waals surface area contributed by atoms with Gasteiger partial charge in [0.25, 0.3) is 0 Å². The lowest BCUT2D eigenvalue weighted by Gasteiger charge is -2.22. The van der Waals surface area contributed by atoms with Crippen LogP contribution in [0.25, 0.3) is 49.0 Å². The van der Waals surface area contributed by atoms with Crippen molar-refractivity contribution in [2.75, 3.05) is 0 Å². The number of fused-ring (bicyclic) bond motifs is 5. The summed E-state index contributed by atoms with van der Waals surface area (Å²) >= 11 is 0. The van der Waals surface area contributed by atoms with E-state index in [9.17, 15) is 0 Å². The van der Waals surface area contributed by atoms with E-state index in [0.29, 0.717) is 0 Å². The summed E-state index contributed by atoms with van der Waals surface area (Å²) in [5.41, 5.74) is 9.78. The topological polar surface area (TPSA) is 8.29 Å². The van der Waals surface area contributed by atoms with Gasteiger partial charge in [-0.1, -0.05) is 51.1 Å². The molecule has 2 heteroatoms. The predicted octanol–water partition coefficient (Wildman–Crippen LogP) is 7.02. The molecule has 6 aromatic rings. The van der Waals surface area contributed by atoms with Gasteiger partial charge in [0.05, 0.1) is 27.3 Å². The maximum Gasteiger partial charge on any atom is 0.224 e. The van der Waals surface area contributed by atoms with Gasteiger partial charge < -0.3 is 4.40 Å². The first-order chi connectivity index (χ1) is 14.8. The molecule has 3 aromatic heterocycles. The fraction of sp³-hybridized carbons (Fsp3) is 0.276. The molecule has 0 saturated carbocycles. The van der Waals surface area contributed by atoms with E-state index in [1.807, 2.05) is 0 Å². The molecular formula is C29H29N2+. The van der Waals surface area contributed by atoms with Gasteiger partial charge in [-0.3, -0.25) is 0 Å². The molecule has 0 unspecified atom stereocenters. The van der Waals surface area contributed by atoms with Crippen LogP contribution in [0.3, 0.4) is 0 Å². The van der Waals surface area contributed by atoms with E-state index >= 15 is 0 Å². The van der Waals surface area contributed by atoms with Crippen molar-refractivity contribution in [3.05, 3.63) is 71.4 Å². The highest BCUT2D eigenvalue weighted by Gasteiger charge is 2.26. The first kappa shape index (κ1) is 18.6. The van der Waals surface area contributed by atoms with Crippen molar-refractivity contribution in [2.24, 2.45) is 12.5 Å². The number of hydrogen-bond acceptors (Lipinski definition) is 0. The number of benzene rings is 3. The molecule has 0 spiro atoms. The monoisotopic (exact) mass is 405 g/mol. The normalized spacial score (nSPS) is 13.0. The van der Waals surface area contributed by atoms with Gasteiger partial charge in [0.1, 0.15) is 7.05 Å². The van der Waals surface area contributed by atoms with Gasteiger partial charge in [0.15, 0.2) is 6.20 Å². The molecule has 31 heavy (non-hydrogen) atoms. The van der Waals surface area contributed by atoms with Gasteiger partial charge in [-0.05, 0) is 59.9 Å². The summed E-state index contributed by atoms with van der Waals surface area (Å²) in [4.78, 5) is 0. The molecule has 0 bridgehead atoms. The second-order valence-electron chi connectivity index (χ2n) is 10.5. The van der Waals surface area contributed by atoms with Crippen LogP contribution in [-0.2, 0) is 13.5 Å². The van der Waals surface area contributed by atoms with Crippen molar-refractivity contribution in [1.29, 1.82) is 0 Å². The van der Waals surface area contributed by atoms with Crippen LogP contribution in [0.2, 0.25) is 0 Å². The first-order valence-corrected chi connectivity index (χ1v) is 11.2. The van der Waals surface area contributed by atoms with Gasteiger partial charge in [0.2, 0.25) is 5.52 Å². The molecule has 0 amide bonds. The molecule has 3 heterocycles.